The third kappa shape index (κ3) is 1.96. The quantitative estimate of drug-likeness (QED) is 0.943. The highest BCUT2D eigenvalue weighted by Crippen LogP contribution is 2.50. The van der Waals surface area contributed by atoms with Crippen molar-refractivity contribution in [1.82, 2.24) is 13.5 Å². The van der Waals surface area contributed by atoms with Gasteiger partial charge < -0.3 is 0 Å². The Labute approximate surface area is 121 Å². The predicted molar refractivity (Wildman–Crippen MR) is 77.0 cm³/mol. The van der Waals surface area contributed by atoms with Crippen LogP contribution in [0.3, 0.4) is 0 Å². The van der Waals surface area contributed by atoms with Crippen LogP contribution < -0.4 is 4.72 Å². The summed E-state index contributed by atoms with van der Waals surface area (Å²) in [4.78, 5) is 0.257. The summed E-state index contributed by atoms with van der Waals surface area (Å²) >= 11 is 1.05. The summed E-state index contributed by atoms with van der Waals surface area (Å²) in [5, 5.41) is 0. The smallest absolute Gasteiger partial charge is 0.207 e. The summed E-state index contributed by atoms with van der Waals surface area (Å²) < 4.78 is 36.2. The number of nitrogens with zero attached hydrogens (tertiary/aromatic N) is 2. The molecule has 1 N–H and O–H groups in total. The van der Waals surface area contributed by atoms with E-state index in [-0.39, 0.29) is 10.9 Å². The number of hydrogen-bond acceptors (Lipinski definition) is 5. The average Bonchev–Trinajstić information content (AvgIpc) is 2.92. The molecule has 2 atom stereocenters. The number of hydrogen-bond donors (Lipinski definition) is 1. The number of rotatable bonds is 3. The van der Waals surface area contributed by atoms with Gasteiger partial charge in [0.25, 0.3) is 0 Å². The minimum atomic E-state index is -3.50. The summed E-state index contributed by atoms with van der Waals surface area (Å²) in [7, 11) is -3.50. The van der Waals surface area contributed by atoms with E-state index in [1.165, 1.54) is 12.8 Å². The first-order valence-corrected chi connectivity index (χ1v) is 9.12. The molecule has 0 bridgehead atoms. The molecule has 2 saturated carbocycles. The van der Waals surface area contributed by atoms with Crippen molar-refractivity contribution in [2.75, 3.05) is 0 Å². The maximum Gasteiger partial charge on any atom is 0.243 e. The monoisotopic (exact) mass is 309 g/mol. The average molecular weight is 309 g/mol. The molecule has 0 radical (unpaired) electrons. The maximum absolute atomic E-state index is 12.6. The highest BCUT2D eigenvalue weighted by molar-refractivity contribution is 7.89. The first kappa shape index (κ1) is 12.7. The third-order valence-electron chi connectivity index (χ3n) is 4.49. The van der Waals surface area contributed by atoms with Crippen LogP contribution in [0.5, 0.6) is 0 Å². The fraction of sp³-hybridized carbons (Fsp3) is 0.538. The predicted octanol–water partition coefficient (Wildman–Crippen LogP) is 2.16. The number of fused-ring (bicyclic) bond motifs is 2. The summed E-state index contributed by atoms with van der Waals surface area (Å²) in [6, 6.07) is 5.25. The Morgan fingerprint density at radius 1 is 1.15 bits per heavy atom. The van der Waals surface area contributed by atoms with Crippen LogP contribution in [0.15, 0.2) is 23.1 Å². The Hall–Kier alpha value is -1.05. The lowest BCUT2D eigenvalue weighted by Crippen LogP contribution is -2.28. The standard InChI is InChI=1S/C13H15N3O2S2/c17-20(18,16-12-8-4-1-2-5-9(8)12)11-7-3-6-10-13(11)15-19-14-10/h3,6-9,12,16H,1-2,4-5H2/t8-,9-/m1/s1. The lowest BCUT2D eigenvalue weighted by Gasteiger charge is -2.06. The third-order valence-corrected chi connectivity index (χ3v) is 6.52. The van der Waals surface area contributed by atoms with Gasteiger partial charge in [0, 0.05) is 6.04 Å². The molecule has 2 fully saturated rings. The van der Waals surface area contributed by atoms with E-state index in [1.54, 1.807) is 18.2 Å². The number of benzene rings is 1. The zero-order valence-electron chi connectivity index (χ0n) is 10.8. The summed E-state index contributed by atoms with van der Waals surface area (Å²) in [5.74, 6) is 1.09. The molecule has 2 aliphatic rings. The van der Waals surface area contributed by atoms with Crippen molar-refractivity contribution in [2.45, 2.75) is 36.6 Å². The highest BCUT2D eigenvalue weighted by atomic mass is 32.2. The SMILES string of the molecule is O=S(=O)(NC1[C@@H]2CCCC[C@@H]12)c1cccc2nsnc12. The lowest BCUT2D eigenvalue weighted by atomic mass is 10.0. The lowest BCUT2D eigenvalue weighted by molar-refractivity contribution is 0.480. The van der Waals surface area contributed by atoms with E-state index in [1.807, 2.05) is 0 Å². The van der Waals surface area contributed by atoms with Crippen LogP contribution >= 0.6 is 11.7 Å². The minimum absolute atomic E-state index is 0.129. The molecule has 2 aliphatic carbocycles. The molecular weight excluding hydrogens is 294 g/mol. The van der Waals surface area contributed by atoms with Crippen molar-refractivity contribution in [1.29, 1.82) is 0 Å². The second-order valence-electron chi connectivity index (χ2n) is 5.65. The number of nitrogens with one attached hydrogen (secondary N) is 1. The molecule has 5 nitrogen and oxygen atoms in total. The maximum atomic E-state index is 12.6. The van der Waals surface area contributed by atoms with Crippen LogP contribution in [0.25, 0.3) is 11.0 Å². The topological polar surface area (TPSA) is 72.0 Å². The molecule has 0 aliphatic heterocycles. The molecule has 2 aromatic rings. The van der Waals surface area contributed by atoms with Gasteiger partial charge in [0.1, 0.15) is 15.9 Å². The van der Waals surface area contributed by atoms with Gasteiger partial charge in [-0.05, 0) is 36.8 Å². The van der Waals surface area contributed by atoms with E-state index < -0.39 is 10.0 Å². The summed E-state index contributed by atoms with van der Waals surface area (Å²) in [6.45, 7) is 0. The largest absolute Gasteiger partial charge is 0.243 e. The molecule has 1 aromatic heterocycles. The van der Waals surface area contributed by atoms with Crippen LogP contribution in [0.1, 0.15) is 25.7 Å². The van der Waals surface area contributed by atoms with Crippen molar-refractivity contribution in [3.8, 4) is 0 Å². The van der Waals surface area contributed by atoms with Crippen molar-refractivity contribution < 1.29 is 8.42 Å². The van der Waals surface area contributed by atoms with Gasteiger partial charge in [-0.25, -0.2) is 13.1 Å². The Balaban J connectivity index is 1.65. The number of aromatic nitrogens is 2. The fourth-order valence-corrected chi connectivity index (χ4v) is 5.51. The first-order valence-electron chi connectivity index (χ1n) is 6.90. The molecule has 0 saturated heterocycles. The minimum Gasteiger partial charge on any atom is -0.207 e. The van der Waals surface area contributed by atoms with Crippen molar-refractivity contribution >= 4 is 32.8 Å². The molecule has 0 spiro atoms. The van der Waals surface area contributed by atoms with Crippen LogP contribution in [0, 0.1) is 11.8 Å². The van der Waals surface area contributed by atoms with Gasteiger partial charge in [-0.2, -0.15) is 8.75 Å². The van der Waals surface area contributed by atoms with Gasteiger partial charge in [-0.3, -0.25) is 0 Å². The van der Waals surface area contributed by atoms with Crippen LogP contribution in [0.2, 0.25) is 0 Å². The fourth-order valence-electron chi connectivity index (χ4n) is 3.41. The zero-order valence-corrected chi connectivity index (χ0v) is 12.5. The van der Waals surface area contributed by atoms with E-state index >= 15 is 0 Å². The molecule has 0 amide bonds. The van der Waals surface area contributed by atoms with Gasteiger partial charge in [0.05, 0.1) is 11.7 Å². The summed E-state index contributed by atoms with van der Waals surface area (Å²) in [6.07, 6.45) is 4.76. The molecule has 1 aromatic carbocycles. The molecule has 7 heteroatoms. The highest BCUT2D eigenvalue weighted by Gasteiger charge is 2.52. The van der Waals surface area contributed by atoms with Crippen LogP contribution in [-0.4, -0.2) is 23.2 Å². The van der Waals surface area contributed by atoms with Crippen LogP contribution in [-0.2, 0) is 10.0 Å². The number of sulfonamides is 1. The van der Waals surface area contributed by atoms with Crippen molar-refractivity contribution in [3.05, 3.63) is 18.2 Å². The Morgan fingerprint density at radius 2 is 1.90 bits per heavy atom. The normalized spacial score (nSPS) is 29.3. The van der Waals surface area contributed by atoms with Gasteiger partial charge in [-0.1, -0.05) is 18.9 Å². The molecule has 0 unspecified atom stereocenters. The molecule has 20 heavy (non-hydrogen) atoms. The van der Waals surface area contributed by atoms with Gasteiger partial charge in [-0.15, -0.1) is 0 Å². The van der Waals surface area contributed by atoms with E-state index in [0.29, 0.717) is 22.9 Å². The molecule has 106 valence electrons. The van der Waals surface area contributed by atoms with E-state index in [4.69, 9.17) is 0 Å². The van der Waals surface area contributed by atoms with Crippen molar-refractivity contribution in [3.63, 3.8) is 0 Å². The second-order valence-corrected chi connectivity index (χ2v) is 7.86. The van der Waals surface area contributed by atoms with Crippen molar-refractivity contribution in [2.24, 2.45) is 11.8 Å². The zero-order chi connectivity index (χ0) is 13.7. The van der Waals surface area contributed by atoms with Gasteiger partial charge in [0.2, 0.25) is 10.0 Å². The van der Waals surface area contributed by atoms with E-state index in [9.17, 15) is 8.42 Å². The summed E-state index contributed by atoms with van der Waals surface area (Å²) in [5.41, 5.74) is 1.12. The first-order chi connectivity index (χ1) is 9.67. The van der Waals surface area contributed by atoms with Gasteiger partial charge in [0.15, 0.2) is 0 Å². The van der Waals surface area contributed by atoms with Gasteiger partial charge >= 0.3 is 0 Å². The Morgan fingerprint density at radius 3 is 2.65 bits per heavy atom. The van der Waals surface area contributed by atoms with E-state index in [0.717, 1.165) is 24.6 Å². The molecule has 4 rings (SSSR count). The Kier molecular flexibility index (Phi) is 2.84. The molecular formula is C13H15N3O2S2. The molecule has 1 heterocycles. The second kappa shape index (κ2) is 4.47. The van der Waals surface area contributed by atoms with E-state index in [2.05, 4.69) is 13.5 Å². The Bertz CT molecular complexity index is 744. The van der Waals surface area contributed by atoms with Crippen LogP contribution in [0.4, 0.5) is 0 Å².